The summed E-state index contributed by atoms with van der Waals surface area (Å²) in [6.45, 7) is 4.27. The van der Waals surface area contributed by atoms with E-state index < -0.39 is 0 Å². The van der Waals surface area contributed by atoms with E-state index in [9.17, 15) is 4.79 Å². The molecule has 0 aliphatic carbocycles. The first-order valence-corrected chi connectivity index (χ1v) is 11.8. The van der Waals surface area contributed by atoms with Crippen LogP contribution in [0.1, 0.15) is 31.1 Å². The lowest BCUT2D eigenvalue weighted by Gasteiger charge is -2.24. The molecule has 0 saturated carbocycles. The lowest BCUT2D eigenvalue weighted by atomic mass is 9.84. The fourth-order valence-electron chi connectivity index (χ4n) is 4.48. The van der Waals surface area contributed by atoms with E-state index in [1.165, 1.54) is 0 Å². The van der Waals surface area contributed by atoms with Gasteiger partial charge in [0, 0.05) is 11.5 Å². The third-order valence-electron chi connectivity index (χ3n) is 6.61. The van der Waals surface area contributed by atoms with Gasteiger partial charge in [0.1, 0.15) is 0 Å². The van der Waals surface area contributed by atoms with Crippen molar-refractivity contribution >= 4 is 5.97 Å². The van der Waals surface area contributed by atoms with Crippen LogP contribution in [0.4, 0.5) is 0 Å². The molecule has 1 heterocycles. The minimum atomic E-state index is -0.335. The minimum absolute atomic E-state index is 0.0888. The van der Waals surface area contributed by atoms with Gasteiger partial charge in [0.2, 0.25) is 5.75 Å². The Balaban J connectivity index is 1.94. The highest BCUT2D eigenvalue weighted by atomic mass is 16.5. The Hall–Kier alpha value is -3.39. The Kier molecular flexibility index (Phi) is 9.47. The average molecular weight is 501 g/mol. The van der Waals surface area contributed by atoms with Gasteiger partial charge in [-0.25, -0.2) is 4.79 Å². The summed E-state index contributed by atoms with van der Waals surface area (Å²) < 4.78 is 39.5. The number of carbonyl (C=O) groups excluding carboxylic acids is 1. The fourth-order valence-corrected chi connectivity index (χ4v) is 4.48. The van der Waals surface area contributed by atoms with Gasteiger partial charge in [-0.1, -0.05) is 12.1 Å². The fraction of sp³-hybridized carbons (Fsp3) is 0.464. The Labute approximate surface area is 213 Å². The molecule has 1 saturated heterocycles. The molecule has 0 radical (unpaired) electrons. The van der Waals surface area contributed by atoms with E-state index in [2.05, 4.69) is 0 Å². The zero-order valence-corrected chi connectivity index (χ0v) is 22.1. The first kappa shape index (κ1) is 27.2. The summed E-state index contributed by atoms with van der Waals surface area (Å²) in [5.74, 6) is 2.58. The maximum absolute atomic E-state index is 12.5. The maximum Gasteiger partial charge on any atom is 0.333 e. The summed E-state index contributed by atoms with van der Waals surface area (Å²) in [5, 5.41) is 0. The van der Waals surface area contributed by atoms with Crippen LogP contribution in [-0.2, 0) is 20.7 Å². The second-order valence-electron chi connectivity index (χ2n) is 8.60. The topological polar surface area (TPSA) is 81.7 Å². The van der Waals surface area contributed by atoms with Gasteiger partial charge in [-0.3, -0.25) is 0 Å². The second-order valence-corrected chi connectivity index (χ2v) is 8.60. The van der Waals surface area contributed by atoms with Gasteiger partial charge < -0.3 is 33.2 Å². The second kappa shape index (κ2) is 12.5. The highest BCUT2D eigenvalue weighted by Crippen LogP contribution is 2.46. The molecule has 0 bridgehead atoms. The van der Waals surface area contributed by atoms with Crippen molar-refractivity contribution in [3.05, 3.63) is 53.1 Å². The number of benzene rings is 2. The van der Waals surface area contributed by atoms with Gasteiger partial charge in [-0.05, 0) is 61.6 Å². The highest BCUT2D eigenvalue weighted by Gasteiger charge is 2.40. The van der Waals surface area contributed by atoms with Crippen molar-refractivity contribution < 1.29 is 38.0 Å². The normalized spacial score (nSPS) is 19.5. The van der Waals surface area contributed by atoms with Crippen LogP contribution in [0.2, 0.25) is 0 Å². The van der Waals surface area contributed by atoms with Crippen LogP contribution in [0.25, 0.3) is 0 Å². The summed E-state index contributed by atoms with van der Waals surface area (Å²) in [6.07, 6.45) is 2.12. The number of ether oxygens (including phenoxy) is 7. The van der Waals surface area contributed by atoms with Gasteiger partial charge in [0.05, 0.1) is 54.9 Å². The summed E-state index contributed by atoms with van der Waals surface area (Å²) in [5.41, 5.74) is 2.51. The quantitative estimate of drug-likeness (QED) is 0.322. The summed E-state index contributed by atoms with van der Waals surface area (Å²) in [7, 11) is 7.95. The molecule has 0 aromatic heterocycles. The van der Waals surface area contributed by atoms with Crippen LogP contribution in [-0.4, -0.2) is 54.7 Å². The summed E-state index contributed by atoms with van der Waals surface area (Å²) in [6, 6.07) is 9.65. The molecule has 0 spiro atoms. The van der Waals surface area contributed by atoms with E-state index >= 15 is 0 Å². The number of rotatable bonds is 11. The molecule has 3 atom stereocenters. The minimum Gasteiger partial charge on any atom is -0.493 e. The molecule has 0 amide bonds. The largest absolute Gasteiger partial charge is 0.493 e. The number of carbonyl (C=O) groups is 1. The molecular formula is C28H36O8. The number of methoxy groups -OCH3 is 5. The van der Waals surface area contributed by atoms with E-state index in [4.69, 9.17) is 33.2 Å². The Bertz CT molecular complexity index is 1050. The van der Waals surface area contributed by atoms with Crippen LogP contribution in [0.3, 0.4) is 0 Å². The molecule has 2 aromatic rings. The number of hydrogen-bond donors (Lipinski definition) is 0. The molecule has 196 valence electrons. The lowest BCUT2D eigenvalue weighted by Crippen LogP contribution is -2.24. The van der Waals surface area contributed by atoms with Crippen LogP contribution in [0.5, 0.6) is 28.7 Å². The van der Waals surface area contributed by atoms with Crippen molar-refractivity contribution in [3.8, 4) is 28.7 Å². The van der Waals surface area contributed by atoms with Crippen LogP contribution < -0.4 is 23.7 Å². The van der Waals surface area contributed by atoms with Crippen molar-refractivity contribution in [2.45, 2.75) is 26.4 Å². The molecule has 1 fully saturated rings. The highest BCUT2D eigenvalue weighted by molar-refractivity contribution is 5.87. The Morgan fingerprint density at radius 2 is 1.56 bits per heavy atom. The van der Waals surface area contributed by atoms with Crippen molar-refractivity contribution in [2.24, 2.45) is 11.8 Å². The van der Waals surface area contributed by atoms with Crippen molar-refractivity contribution in [1.29, 1.82) is 0 Å². The average Bonchev–Trinajstić information content (AvgIpc) is 3.31. The molecular weight excluding hydrogens is 464 g/mol. The van der Waals surface area contributed by atoms with E-state index in [0.717, 1.165) is 11.1 Å². The van der Waals surface area contributed by atoms with Gasteiger partial charge in [-0.15, -0.1) is 0 Å². The van der Waals surface area contributed by atoms with Crippen molar-refractivity contribution in [2.75, 3.05) is 48.8 Å². The van der Waals surface area contributed by atoms with Gasteiger partial charge >= 0.3 is 5.97 Å². The Morgan fingerprint density at radius 3 is 2.11 bits per heavy atom. The summed E-state index contributed by atoms with van der Waals surface area (Å²) >= 11 is 0. The number of hydrogen-bond acceptors (Lipinski definition) is 8. The van der Waals surface area contributed by atoms with Gasteiger partial charge in [0.25, 0.3) is 0 Å². The monoisotopic (exact) mass is 500 g/mol. The zero-order chi connectivity index (χ0) is 26.2. The first-order chi connectivity index (χ1) is 17.4. The zero-order valence-electron chi connectivity index (χ0n) is 22.1. The van der Waals surface area contributed by atoms with Gasteiger partial charge in [-0.2, -0.15) is 0 Å². The number of esters is 1. The first-order valence-electron chi connectivity index (χ1n) is 11.8. The van der Waals surface area contributed by atoms with Crippen LogP contribution in [0.15, 0.2) is 42.0 Å². The molecule has 0 N–H and O–H groups in total. The molecule has 8 heteroatoms. The van der Waals surface area contributed by atoms with Crippen molar-refractivity contribution in [3.63, 3.8) is 0 Å². The predicted molar refractivity (Wildman–Crippen MR) is 135 cm³/mol. The van der Waals surface area contributed by atoms with Crippen molar-refractivity contribution in [1.82, 2.24) is 0 Å². The molecule has 3 unspecified atom stereocenters. The molecule has 1 aliphatic heterocycles. The molecule has 1 aliphatic rings. The van der Waals surface area contributed by atoms with E-state index in [0.29, 0.717) is 47.3 Å². The van der Waals surface area contributed by atoms with E-state index in [-0.39, 0.29) is 30.5 Å². The molecule has 8 nitrogen and oxygen atoms in total. The van der Waals surface area contributed by atoms with Crippen LogP contribution in [0, 0.1) is 11.8 Å². The maximum atomic E-state index is 12.5. The Morgan fingerprint density at radius 1 is 0.917 bits per heavy atom. The predicted octanol–water partition coefficient (Wildman–Crippen LogP) is 4.79. The lowest BCUT2D eigenvalue weighted by molar-refractivity contribution is -0.141. The summed E-state index contributed by atoms with van der Waals surface area (Å²) in [4.78, 5) is 12.5. The molecule has 2 aromatic carbocycles. The molecule has 36 heavy (non-hydrogen) atoms. The van der Waals surface area contributed by atoms with E-state index in [1.54, 1.807) is 48.5 Å². The smallest absolute Gasteiger partial charge is 0.333 e. The standard InChI is InChI=1S/C28H36O8/c1-8-17(2)28(29)36-16-21-20(11-18-9-10-22(30-3)23(12-18)31-4)15-35-26(21)19-13-24(32-5)27(34-7)25(14-19)33-6/h8-10,12-14,20-21,26H,11,15-16H2,1-7H3. The van der Waals surface area contributed by atoms with Crippen LogP contribution >= 0.6 is 0 Å². The SMILES string of the molecule is CC=C(C)C(=O)OCC1C(Cc2ccc(OC)c(OC)c2)COC1c1cc(OC)c(OC)c(OC)c1. The third kappa shape index (κ3) is 5.87. The number of allylic oxidation sites excluding steroid dienone is 1. The third-order valence-corrected chi connectivity index (χ3v) is 6.61. The molecule has 3 rings (SSSR count). The van der Waals surface area contributed by atoms with Gasteiger partial charge in [0.15, 0.2) is 23.0 Å². The van der Waals surface area contributed by atoms with E-state index in [1.807, 2.05) is 37.3 Å².